The van der Waals surface area contributed by atoms with Crippen molar-refractivity contribution in [2.24, 2.45) is 5.92 Å². The van der Waals surface area contributed by atoms with Crippen molar-refractivity contribution in [1.29, 1.82) is 0 Å². The van der Waals surface area contributed by atoms with Crippen molar-refractivity contribution in [3.05, 3.63) is 5.82 Å². The van der Waals surface area contributed by atoms with E-state index < -0.39 is 5.97 Å². The van der Waals surface area contributed by atoms with Gasteiger partial charge in [-0.05, 0) is 19.8 Å². The summed E-state index contributed by atoms with van der Waals surface area (Å²) < 4.78 is 4.05. The number of rotatable bonds is 3. The molecule has 1 aromatic rings. The Morgan fingerprint density at radius 2 is 2.40 bits per heavy atom. The van der Waals surface area contributed by atoms with E-state index in [1.807, 2.05) is 6.92 Å². The monoisotopic (exact) mass is 227 g/mol. The Hall–Kier alpha value is -1.17. The number of nitrogens with zero attached hydrogens (tertiary/aromatic N) is 2. The number of aromatic nitrogens is 2. The molecule has 0 aromatic carbocycles. The van der Waals surface area contributed by atoms with Crippen LogP contribution in [-0.2, 0) is 4.79 Å². The SMILES string of the molecule is Cc1nsc(NC2CCCC2C(=O)O)n1. The third-order valence-corrected chi connectivity index (χ3v) is 3.41. The molecule has 0 saturated heterocycles. The molecule has 1 aliphatic rings. The largest absolute Gasteiger partial charge is 0.481 e. The first kappa shape index (κ1) is 10.4. The lowest BCUT2D eigenvalue weighted by Gasteiger charge is -2.16. The molecular formula is C9H13N3O2S. The number of carbonyl (C=O) groups is 1. The van der Waals surface area contributed by atoms with Gasteiger partial charge in [-0.15, -0.1) is 0 Å². The summed E-state index contributed by atoms with van der Waals surface area (Å²) in [4.78, 5) is 15.1. The molecule has 2 N–H and O–H groups in total. The van der Waals surface area contributed by atoms with Gasteiger partial charge in [0.15, 0.2) is 0 Å². The van der Waals surface area contributed by atoms with Crippen LogP contribution in [0.4, 0.5) is 5.13 Å². The summed E-state index contributed by atoms with van der Waals surface area (Å²) >= 11 is 1.28. The van der Waals surface area contributed by atoms with Gasteiger partial charge in [-0.25, -0.2) is 4.98 Å². The van der Waals surface area contributed by atoms with Gasteiger partial charge < -0.3 is 10.4 Å². The highest BCUT2D eigenvalue weighted by Gasteiger charge is 2.33. The molecule has 1 aliphatic carbocycles. The number of nitrogens with one attached hydrogen (secondary N) is 1. The Balaban J connectivity index is 2.02. The highest BCUT2D eigenvalue weighted by molar-refractivity contribution is 7.09. The first-order valence-electron chi connectivity index (χ1n) is 4.96. The average molecular weight is 227 g/mol. The highest BCUT2D eigenvalue weighted by atomic mass is 32.1. The number of carboxylic acid groups (broad SMARTS) is 1. The van der Waals surface area contributed by atoms with Crippen LogP contribution >= 0.6 is 11.5 Å². The molecule has 2 unspecified atom stereocenters. The fraction of sp³-hybridized carbons (Fsp3) is 0.667. The molecule has 2 atom stereocenters. The van der Waals surface area contributed by atoms with Crippen molar-refractivity contribution in [3.63, 3.8) is 0 Å². The van der Waals surface area contributed by atoms with Crippen LogP contribution in [0.5, 0.6) is 0 Å². The number of hydrogen-bond donors (Lipinski definition) is 2. The molecular weight excluding hydrogens is 214 g/mol. The maximum atomic E-state index is 10.9. The zero-order valence-corrected chi connectivity index (χ0v) is 9.25. The van der Waals surface area contributed by atoms with Crippen molar-refractivity contribution >= 4 is 22.6 Å². The molecule has 5 nitrogen and oxygen atoms in total. The van der Waals surface area contributed by atoms with Crippen LogP contribution in [0.15, 0.2) is 0 Å². The summed E-state index contributed by atoms with van der Waals surface area (Å²) in [5, 5.41) is 12.9. The average Bonchev–Trinajstić information content (AvgIpc) is 2.75. The second kappa shape index (κ2) is 4.14. The molecule has 0 radical (unpaired) electrons. The third-order valence-electron chi connectivity index (χ3n) is 2.67. The summed E-state index contributed by atoms with van der Waals surface area (Å²) in [6.07, 6.45) is 2.62. The summed E-state index contributed by atoms with van der Waals surface area (Å²) in [5.74, 6) is -0.271. The Morgan fingerprint density at radius 3 is 3.00 bits per heavy atom. The van der Waals surface area contributed by atoms with Crippen LogP contribution in [0.1, 0.15) is 25.1 Å². The molecule has 1 saturated carbocycles. The molecule has 1 fully saturated rings. The minimum Gasteiger partial charge on any atom is -0.481 e. The molecule has 0 spiro atoms. The Kier molecular flexibility index (Phi) is 2.86. The number of carboxylic acids is 1. The molecule has 15 heavy (non-hydrogen) atoms. The third kappa shape index (κ3) is 2.26. The van der Waals surface area contributed by atoms with Gasteiger partial charge in [0.05, 0.1) is 5.92 Å². The van der Waals surface area contributed by atoms with Gasteiger partial charge in [-0.3, -0.25) is 4.79 Å². The van der Waals surface area contributed by atoms with Crippen molar-refractivity contribution in [2.75, 3.05) is 5.32 Å². The fourth-order valence-corrected chi connectivity index (χ4v) is 2.58. The van der Waals surface area contributed by atoms with Crippen molar-refractivity contribution in [1.82, 2.24) is 9.36 Å². The molecule has 1 heterocycles. The van der Waals surface area contributed by atoms with Gasteiger partial charge in [0.1, 0.15) is 5.82 Å². The van der Waals surface area contributed by atoms with E-state index >= 15 is 0 Å². The second-order valence-corrected chi connectivity index (χ2v) is 4.53. The van der Waals surface area contributed by atoms with E-state index in [-0.39, 0.29) is 12.0 Å². The van der Waals surface area contributed by atoms with Crippen LogP contribution in [-0.4, -0.2) is 26.5 Å². The van der Waals surface area contributed by atoms with E-state index in [9.17, 15) is 4.79 Å². The van der Waals surface area contributed by atoms with Gasteiger partial charge in [-0.2, -0.15) is 4.37 Å². The summed E-state index contributed by atoms with van der Waals surface area (Å²) in [6.45, 7) is 1.82. The molecule has 0 aliphatic heterocycles. The minimum absolute atomic E-state index is 0.00912. The van der Waals surface area contributed by atoms with Crippen LogP contribution in [0.3, 0.4) is 0 Å². The lowest BCUT2D eigenvalue weighted by Crippen LogP contribution is -2.29. The minimum atomic E-state index is -0.716. The lowest BCUT2D eigenvalue weighted by atomic mass is 10.0. The molecule has 82 valence electrons. The number of aryl methyl sites for hydroxylation is 1. The van der Waals surface area contributed by atoms with Crippen LogP contribution in [0.2, 0.25) is 0 Å². The zero-order chi connectivity index (χ0) is 10.8. The molecule has 0 amide bonds. The maximum absolute atomic E-state index is 10.9. The Morgan fingerprint density at radius 1 is 1.60 bits per heavy atom. The first-order valence-corrected chi connectivity index (χ1v) is 5.74. The van der Waals surface area contributed by atoms with Gasteiger partial charge in [-0.1, -0.05) is 6.42 Å². The van der Waals surface area contributed by atoms with E-state index in [2.05, 4.69) is 14.7 Å². The molecule has 0 bridgehead atoms. The smallest absolute Gasteiger partial charge is 0.308 e. The quantitative estimate of drug-likeness (QED) is 0.818. The van der Waals surface area contributed by atoms with Crippen LogP contribution < -0.4 is 5.32 Å². The van der Waals surface area contributed by atoms with Gasteiger partial charge >= 0.3 is 5.97 Å². The Bertz CT molecular complexity index is 366. The zero-order valence-electron chi connectivity index (χ0n) is 8.43. The van der Waals surface area contributed by atoms with Crippen molar-refractivity contribution in [2.45, 2.75) is 32.2 Å². The van der Waals surface area contributed by atoms with Gasteiger partial charge in [0, 0.05) is 17.6 Å². The van der Waals surface area contributed by atoms with Crippen LogP contribution in [0, 0.1) is 12.8 Å². The molecule has 1 aromatic heterocycles. The summed E-state index contributed by atoms with van der Waals surface area (Å²) in [7, 11) is 0. The normalized spacial score (nSPS) is 25.4. The van der Waals surface area contributed by atoms with Gasteiger partial charge in [0.25, 0.3) is 0 Å². The number of anilines is 1. The fourth-order valence-electron chi connectivity index (χ4n) is 1.94. The second-order valence-electron chi connectivity index (χ2n) is 3.77. The van der Waals surface area contributed by atoms with Crippen molar-refractivity contribution < 1.29 is 9.90 Å². The topological polar surface area (TPSA) is 75.1 Å². The summed E-state index contributed by atoms with van der Waals surface area (Å²) in [5.41, 5.74) is 0. The Labute approximate surface area is 91.7 Å². The van der Waals surface area contributed by atoms with E-state index in [0.717, 1.165) is 30.2 Å². The lowest BCUT2D eigenvalue weighted by molar-refractivity contribution is -0.141. The number of aliphatic carboxylic acids is 1. The van der Waals surface area contributed by atoms with E-state index in [4.69, 9.17) is 5.11 Å². The van der Waals surface area contributed by atoms with E-state index in [1.165, 1.54) is 11.5 Å². The molecule has 6 heteroatoms. The molecule has 2 rings (SSSR count). The van der Waals surface area contributed by atoms with Gasteiger partial charge in [0.2, 0.25) is 5.13 Å². The van der Waals surface area contributed by atoms with E-state index in [1.54, 1.807) is 0 Å². The van der Waals surface area contributed by atoms with Crippen LogP contribution in [0.25, 0.3) is 0 Å². The first-order chi connectivity index (χ1) is 7.16. The highest BCUT2D eigenvalue weighted by Crippen LogP contribution is 2.29. The predicted molar refractivity (Wildman–Crippen MR) is 57.0 cm³/mol. The predicted octanol–water partition coefficient (Wildman–Crippen LogP) is 1.51. The van der Waals surface area contributed by atoms with Crippen molar-refractivity contribution in [3.8, 4) is 0 Å². The van der Waals surface area contributed by atoms with E-state index in [0.29, 0.717) is 0 Å². The standard InChI is InChI=1S/C9H13N3O2S/c1-5-10-9(15-12-5)11-7-4-2-3-6(7)8(13)14/h6-7H,2-4H2,1H3,(H,13,14)(H,10,11,12). The summed E-state index contributed by atoms with van der Waals surface area (Å²) in [6, 6.07) is 0.00912. The maximum Gasteiger partial charge on any atom is 0.308 e. The number of hydrogen-bond acceptors (Lipinski definition) is 5.